The fourth-order valence-electron chi connectivity index (χ4n) is 1.76. The van der Waals surface area contributed by atoms with Gasteiger partial charge in [0.25, 0.3) is 5.91 Å². The van der Waals surface area contributed by atoms with Crippen LogP contribution in [0.5, 0.6) is 0 Å². The molecule has 1 amide bonds. The van der Waals surface area contributed by atoms with Crippen molar-refractivity contribution in [2.45, 2.75) is 20.4 Å². The summed E-state index contributed by atoms with van der Waals surface area (Å²) in [4.78, 5) is 11.9. The molecule has 0 bridgehead atoms. The summed E-state index contributed by atoms with van der Waals surface area (Å²) in [6.07, 6.45) is 1.90. The maximum atomic E-state index is 11.9. The van der Waals surface area contributed by atoms with E-state index in [9.17, 15) is 4.79 Å². The van der Waals surface area contributed by atoms with Crippen molar-refractivity contribution in [3.63, 3.8) is 0 Å². The Hall–Kier alpha value is -2.11. The standard InChI is InChI=1S/C12H17N5O/c1-8-5-11(15-17(8)4)12(18)13-6-10-7-16(3)14-9(10)2/h5,7H,6H2,1-4H3,(H,13,18). The average Bonchev–Trinajstić information content (AvgIpc) is 2.79. The molecule has 0 atom stereocenters. The molecule has 6 nitrogen and oxygen atoms in total. The van der Waals surface area contributed by atoms with E-state index in [2.05, 4.69) is 15.5 Å². The van der Waals surface area contributed by atoms with Crippen LogP contribution in [0.15, 0.2) is 12.3 Å². The fraction of sp³-hybridized carbons (Fsp3) is 0.417. The molecule has 2 heterocycles. The van der Waals surface area contributed by atoms with Crippen LogP contribution in [0.2, 0.25) is 0 Å². The van der Waals surface area contributed by atoms with Crippen LogP contribution >= 0.6 is 0 Å². The first-order chi connectivity index (χ1) is 8.47. The van der Waals surface area contributed by atoms with E-state index in [-0.39, 0.29) is 5.91 Å². The topological polar surface area (TPSA) is 64.7 Å². The molecule has 0 unspecified atom stereocenters. The molecular formula is C12H17N5O. The largest absolute Gasteiger partial charge is 0.346 e. The minimum Gasteiger partial charge on any atom is -0.346 e. The smallest absolute Gasteiger partial charge is 0.272 e. The molecule has 0 aliphatic rings. The zero-order valence-corrected chi connectivity index (χ0v) is 11.1. The third-order valence-electron chi connectivity index (χ3n) is 2.90. The van der Waals surface area contributed by atoms with Crippen LogP contribution in [0, 0.1) is 13.8 Å². The minimum absolute atomic E-state index is 0.165. The van der Waals surface area contributed by atoms with E-state index in [1.807, 2.05) is 34.1 Å². The number of aromatic nitrogens is 4. The van der Waals surface area contributed by atoms with E-state index >= 15 is 0 Å². The quantitative estimate of drug-likeness (QED) is 0.868. The molecule has 0 saturated carbocycles. The predicted molar refractivity (Wildman–Crippen MR) is 67.1 cm³/mol. The highest BCUT2D eigenvalue weighted by atomic mass is 16.1. The van der Waals surface area contributed by atoms with Gasteiger partial charge in [0.1, 0.15) is 5.69 Å². The normalized spacial score (nSPS) is 10.7. The van der Waals surface area contributed by atoms with Crippen molar-refractivity contribution in [2.24, 2.45) is 14.1 Å². The van der Waals surface area contributed by atoms with Gasteiger partial charge in [-0.2, -0.15) is 10.2 Å². The summed E-state index contributed by atoms with van der Waals surface area (Å²) in [7, 11) is 3.68. The van der Waals surface area contributed by atoms with Gasteiger partial charge in [0.2, 0.25) is 0 Å². The Morgan fingerprint density at radius 2 is 2.06 bits per heavy atom. The second-order valence-corrected chi connectivity index (χ2v) is 4.39. The van der Waals surface area contributed by atoms with Gasteiger partial charge in [-0.1, -0.05) is 0 Å². The van der Waals surface area contributed by atoms with E-state index in [4.69, 9.17) is 0 Å². The van der Waals surface area contributed by atoms with Gasteiger partial charge in [-0.15, -0.1) is 0 Å². The van der Waals surface area contributed by atoms with Crippen LogP contribution in [-0.4, -0.2) is 25.5 Å². The SMILES string of the molecule is Cc1nn(C)cc1CNC(=O)c1cc(C)n(C)n1. The third-order valence-corrected chi connectivity index (χ3v) is 2.90. The fourth-order valence-corrected chi connectivity index (χ4v) is 1.76. The van der Waals surface area contributed by atoms with Gasteiger partial charge < -0.3 is 5.32 Å². The van der Waals surface area contributed by atoms with Crippen LogP contribution in [0.25, 0.3) is 0 Å². The predicted octanol–water partition coefficient (Wildman–Crippen LogP) is 0.700. The van der Waals surface area contributed by atoms with Gasteiger partial charge >= 0.3 is 0 Å². The molecule has 0 saturated heterocycles. The molecule has 6 heteroatoms. The summed E-state index contributed by atoms with van der Waals surface area (Å²) in [5, 5.41) is 11.2. The number of hydrogen-bond donors (Lipinski definition) is 1. The van der Waals surface area contributed by atoms with Crippen LogP contribution in [0.4, 0.5) is 0 Å². The first-order valence-corrected chi connectivity index (χ1v) is 5.75. The van der Waals surface area contributed by atoms with Crippen LogP contribution < -0.4 is 5.32 Å². The van der Waals surface area contributed by atoms with Crippen molar-refractivity contribution < 1.29 is 4.79 Å². The van der Waals surface area contributed by atoms with Gasteiger partial charge in [0.15, 0.2) is 0 Å². The monoisotopic (exact) mass is 247 g/mol. The molecule has 0 aromatic carbocycles. The number of carbonyl (C=O) groups is 1. The van der Waals surface area contributed by atoms with Crippen molar-refractivity contribution in [1.29, 1.82) is 0 Å². The van der Waals surface area contributed by atoms with Crippen molar-refractivity contribution in [1.82, 2.24) is 24.9 Å². The zero-order valence-electron chi connectivity index (χ0n) is 11.1. The molecule has 0 aliphatic heterocycles. The lowest BCUT2D eigenvalue weighted by Gasteiger charge is -2.01. The van der Waals surface area contributed by atoms with Gasteiger partial charge in [-0.25, -0.2) is 0 Å². The highest BCUT2D eigenvalue weighted by molar-refractivity contribution is 5.92. The van der Waals surface area contributed by atoms with Crippen LogP contribution in [0.1, 0.15) is 27.4 Å². The number of carbonyl (C=O) groups excluding carboxylic acids is 1. The van der Waals surface area contributed by atoms with E-state index in [0.29, 0.717) is 12.2 Å². The summed E-state index contributed by atoms with van der Waals surface area (Å²) in [5.41, 5.74) is 3.34. The molecule has 2 aromatic heterocycles. The maximum absolute atomic E-state index is 11.9. The first kappa shape index (κ1) is 12.3. The van der Waals surface area contributed by atoms with Crippen molar-refractivity contribution in [3.05, 3.63) is 34.9 Å². The molecule has 2 rings (SSSR count). The van der Waals surface area contributed by atoms with E-state index < -0.39 is 0 Å². The Morgan fingerprint density at radius 1 is 1.33 bits per heavy atom. The van der Waals surface area contributed by atoms with Gasteiger partial charge in [0, 0.05) is 38.1 Å². The molecule has 2 aromatic rings. The number of hydrogen-bond acceptors (Lipinski definition) is 3. The molecule has 96 valence electrons. The zero-order chi connectivity index (χ0) is 13.3. The number of amides is 1. The molecule has 0 spiro atoms. The summed E-state index contributed by atoms with van der Waals surface area (Å²) in [6.45, 7) is 4.30. The molecule has 18 heavy (non-hydrogen) atoms. The van der Waals surface area contributed by atoms with E-state index in [1.54, 1.807) is 15.4 Å². The maximum Gasteiger partial charge on any atom is 0.272 e. The summed E-state index contributed by atoms with van der Waals surface area (Å²) in [6, 6.07) is 1.77. The highest BCUT2D eigenvalue weighted by Gasteiger charge is 2.11. The lowest BCUT2D eigenvalue weighted by atomic mass is 10.2. The highest BCUT2D eigenvalue weighted by Crippen LogP contribution is 2.05. The lowest BCUT2D eigenvalue weighted by Crippen LogP contribution is -2.23. The molecule has 1 N–H and O–H groups in total. The van der Waals surface area contributed by atoms with Crippen molar-refractivity contribution in [3.8, 4) is 0 Å². The minimum atomic E-state index is -0.165. The van der Waals surface area contributed by atoms with Gasteiger partial charge in [-0.05, 0) is 19.9 Å². The number of aryl methyl sites for hydroxylation is 4. The third kappa shape index (κ3) is 2.42. The second kappa shape index (κ2) is 4.64. The summed E-state index contributed by atoms with van der Waals surface area (Å²) < 4.78 is 3.42. The van der Waals surface area contributed by atoms with Gasteiger partial charge in [-0.3, -0.25) is 14.2 Å². The Bertz CT molecular complexity index is 562. The van der Waals surface area contributed by atoms with E-state index in [1.165, 1.54) is 0 Å². The average molecular weight is 247 g/mol. The van der Waals surface area contributed by atoms with Crippen LogP contribution in [0.3, 0.4) is 0 Å². The Kier molecular flexibility index (Phi) is 3.18. The second-order valence-electron chi connectivity index (χ2n) is 4.39. The van der Waals surface area contributed by atoms with Crippen molar-refractivity contribution >= 4 is 5.91 Å². The molecule has 0 fully saturated rings. The van der Waals surface area contributed by atoms with Gasteiger partial charge in [0.05, 0.1) is 5.69 Å². The van der Waals surface area contributed by atoms with E-state index in [0.717, 1.165) is 17.0 Å². The Labute approximate surface area is 106 Å². The molecule has 0 aliphatic carbocycles. The molecular weight excluding hydrogens is 230 g/mol. The number of nitrogens with zero attached hydrogens (tertiary/aromatic N) is 4. The van der Waals surface area contributed by atoms with Crippen molar-refractivity contribution in [2.75, 3.05) is 0 Å². The summed E-state index contributed by atoms with van der Waals surface area (Å²) >= 11 is 0. The first-order valence-electron chi connectivity index (χ1n) is 5.75. The summed E-state index contributed by atoms with van der Waals surface area (Å²) in [5.74, 6) is -0.165. The number of nitrogens with one attached hydrogen (secondary N) is 1. The van der Waals surface area contributed by atoms with Crippen LogP contribution in [-0.2, 0) is 20.6 Å². The number of rotatable bonds is 3. The lowest BCUT2D eigenvalue weighted by molar-refractivity contribution is 0.0945. The Balaban J connectivity index is 2.02. The molecule has 0 radical (unpaired) electrons. The Morgan fingerprint density at radius 3 is 2.56 bits per heavy atom.